The Morgan fingerprint density at radius 1 is 0.913 bits per heavy atom. The number of aliphatic carboxylic acids is 1. The van der Waals surface area contributed by atoms with Crippen molar-refractivity contribution in [3.63, 3.8) is 0 Å². The normalized spacial score (nSPS) is 26.0. The lowest BCUT2D eigenvalue weighted by molar-refractivity contribution is -0.152. The Kier molecular flexibility index (Phi) is 4.99. The van der Waals surface area contributed by atoms with Gasteiger partial charge in [0.2, 0.25) is 5.91 Å². The molecule has 1 N–H and O–H groups in total. The Balaban J connectivity index is 1.60. The zero-order valence-electron chi connectivity index (χ0n) is 13.5. The van der Waals surface area contributed by atoms with Gasteiger partial charge in [-0.2, -0.15) is 0 Å². The van der Waals surface area contributed by atoms with Crippen LogP contribution in [0.3, 0.4) is 0 Å². The molecular formula is C19H25NO3. The van der Waals surface area contributed by atoms with E-state index in [0.29, 0.717) is 12.3 Å². The minimum absolute atomic E-state index is 0.0728. The van der Waals surface area contributed by atoms with Gasteiger partial charge in [-0.05, 0) is 37.2 Å². The molecule has 0 unspecified atom stereocenters. The summed E-state index contributed by atoms with van der Waals surface area (Å²) >= 11 is 0. The molecule has 1 aromatic rings. The molecule has 1 saturated heterocycles. The summed E-state index contributed by atoms with van der Waals surface area (Å²) < 4.78 is 0. The number of amides is 1. The lowest BCUT2D eigenvalue weighted by Crippen LogP contribution is -2.45. The highest BCUT2D eigenvalue weighted by atomic mass is 16.4. The Morgan fingerprint density at radius 3 is 2.13 bits per heavy atom. The van der Waals surface area contributed by atoms with E-state index >= 15 is 0 Å². The lowest BCUT2D eigenvalue weighted by atomic mass is 9.78. The van der Waals surface area contributed by atoms with Crippen LogP contribution in [-0.4, -0.2) is 35.0 Å². The molecule has 1 aliphatic carbocycles. The molecule has 1 heterocycles. The van der Waals surface area contributed by atoms with Crippen molar-refractivity contribution in [1.29, 1.82) is 0 Å². The van der Waals surface area contributed by atoms with E-state index < -0.39 is 11.9 Å². The number of hydrogen-bond acceptors (Lipinski definition) is 2. The third kappa shape index (κ3) is 3.57. The molecule has 2 fully saturated rings. The van der Waals surface area contributed by atoms with Gasteiger partial charge in [0, 0.05) is 13.1 Å². The Hall–Kier alpha value is -1.84. The molecule has 1 amide bonds. The van der Waals surface area contributed by atoms with Crippen LogP contribution >= 0.6 is 0 Å². The van der Waals surface area contributed by atoms with E-state index in [1.807, 2.05) is 11.0 Å². The molecule has 1 aliphatic heterocycles. The number of rotatable bonds is 3. The number of likely N-dealkylation sites (tertiary alicyclic amines) is 1. The second kappa shape index (κ2) is 7.16. The predicted molar refractivity (Wildman–Crippen MR) is 88.1 cm³/mol. The summed E-state index contributed by atoms with van der Waals surface area (Å²) in [6, 6.07) is 10.5. The van der Waals surface area contributed by atoms with Gasteiger partial charge in [0.05, 0.1) is 11.8 Å². The quantitative estimate of drug-likeness (QED) is 0.931. The fourth-order valence-corrected chi connectivity index (χ4v) is 4.11. The minimum Gasteiger partial charge on any atom is -0.481 e. The van der Waals surface area contributed by atoms with E-state index in [0.717, 1.165) is 45.2 Å². The number of carbonyl (C=O) groups excluding carboxylic acids is 1. The molecule has 0 spiro atoms. The van der Waals surface area contributed by atoms with Gasteiger partial charge in [-0.25, -0.2) is 0 Å². The molecule has 2 aliphatic rings. The van der Waals surface area contributed by atoms with Gasteiger partial charge in [-0.15, -0.1) is 0 Å². The van der Waals surface area contributed by atoms with Crippen molar-refractivity contribution >= 4 is 11.9 Å². The SMILES string of the molecule is O=C(O)[C@H]1CCCC[C@H]1C(=O)N1CCC(c2ccccc2)CC1. The van der Waals surface area contributed by atoms with Crippen LogP contribution in [0.2, 0.25) is 0 Å². The zero-order chi connectivity index (χ0) is 16.2. The second-order valence-corrected chi connectivity index (χ2v) is 6.85. The predicted octanol–water partition coefficient (Wildman–Crippen LogP) is 3.28. The maximum absolute atomic E-state index is 12.8. The first-order valence-electron chi connectivity index (χ1n) is 8.73. The first-order chi connectivity index (χ1) is 11.2. The van der Waals surface area contributed by atoms with Gasteiger partial charge in [0.25, 0.3) is 0 Å². The maximum Gasteiger partial charge on any atom is 0.307 e. The lowest BCUT2D eigenvalue weighted by Gasteiger charge is -2.37. The Bertz CT molecular complexity index is 549. The average Bonchev–Trinajstić information content (AvgIpc) is 2.62. The summed E-state index contributed by atoms with van der Waals surface area (Å²) in [5, 5.41) is 9.38. The Morgan fingerprint density at radius 2 is 1.52 bits per heavy atom. The molecule has 0 aromatic heterocycles. The monoisotopic (exact) mass is 315 g/mol. The molecule has 23 heavy (non-hydrogen) atoms. The van der Waals surface area contributed by atoms with Gasteiger partial charge < -0.3 is 10.0 Å². The van der Waals surface area contributed by atoms with E-state index in [9.17, 15) is 14.7 Å². The number of carboxylic acids is 1. The molecule has 2 atom stereocenters. The van der Waals surface area contributed by atoms with Crippen LogP contribution < -0.4 is 0 Å². The first-order valence-corrected chi connectivity index (χ1v) is 8.73. The molecule has 124 valence electrons. The van der Waals surface area contributed by atoms with Crippen molar-refractivity contribution in [1.82, 2.24) is 4.90 Å². The van der Waals surface area contributed by atoms with Crippen LogP contribution in [0.25, 0.3) is 0 Å². The van der Waals surface area contributed by atoms with Crippen molar-refractivity contribution in [2.24, 2.45) is 11.8 Å². The van der Waals surface area contributed by atoms with Crippen molar-refractivity contribution in [3.05, 3.63) is 35.9 Å². The highest BCUT2D eigenvalue weighted by Gasteiger charge is 2.38. The molecular weight excluding hydrogens is 290 g/mol. The first kappa shape index (κ1) is 16.0. The van der Waals surface area contributed by atoms with Crippen LogP contribution in [-0.2, 0) is 9.59 Å². The molecule has 3 rings (SSSR count). The third-order valence-electron chi connectivity index (χ3n) is 5.48. The standard InChI is InChI=1S/C19H25NO3/c21-18(16-8-4-5-9-17(16)19(22)23)20-12-10-15(11-13-20)14-6-2-1-3-7-14/h1-3,6-7,15-17H,4-5,8-13H2,(H,22,23)/t16-,17+/m1/s1. The van der Waals surface area contributed by atoms with E-state index in [1.54, 1.807) is 0 Å². The fourth-order valence-electron chi connectivity index (χ4n) is 4.11. The van der Waals surface area contributed by atoms with Crippen molar-refractivity contribution in [3.8, 4) is 0 Å². The van der Waals surface area contributed by atoms with Crippen LogP contribution in [0, 0.1) is 11.8 Å². The number of carboxylic acid groups (broad SMARTS) is 1. The summed E-state index contributed by atoms with van der Waals surface area (Å²) in [6.07, 6.45) is 5.22. The summed E-state index contributed by atoms with van der Waals surface area (Å²) in [5.41, 5.74) is 1.35. The maximum atomic E-state index is 12.8. The average molecular weight is 315 g/mol. The van der Waals surface area contributed by atoms with E-state index in [4.69, 9.17) is 0 Å². The van der Waals surface area contributed by atoms with Gasteiger partial charge in [-0.3, -0.25) is 9.59 Å². The van der Waals surface area contributed by atoms with Crippen LogP contribution in [0.5, 0.6) is 0 Å². The Labute approximate surface area is 137 Å². The molecule has 1 aromatic carbocycles. The number of hydrogen-bond donors (Lipinski definition) is 1. The van der Waals surface area contributed by atoms with Gasteiger partial charge in [0.15, 0.2) is 0 Å². The van der Waals surface area contributed by atoms with Crippen molar-refractivity contribution in [2.75, 3.05) is 13.1 Å². The van der Waals surface area contributed by atoms with Crippen molar-refractivity contribution in [2.45, 2.75) is 44.4 Å². The number of benzene rings is 1. The topological polar surface area (TPSA) is 57.6 Å². The molecule has 4 heteroatoms. The van der Waals surface area contributed by atoms with E-state index in [1.165, 1.54) is 5.56 Å². The highest BCUT2D eigenvalue weighted by Crippen LogP contribution is 2.34. The van der Waals surface area contributed by atoms with Crippen LogP contribution in [0.1, 0.15) is 50.0 Å². The largest absolute Gasteiger partial charge is 0.481 e. The van der Waals surface area contributed by atoms with E-state index in [-0.39, 0.29) is 11.8 Å². The molecule has 0 bridgehead atoms. The van der Waals surface area contributed by atoms with E-state index in [2.05, 4.69) is 24.3 Å². The third-order valence-corrected chi connectivity index (χ3v) is 5.48. The smallest absolute Gasteiger partial charge is 0.307 e. The summed E-state index contributed by atoms with van der Waals surface area (Å²) in [6.45, 7) is 1.50. The van der Waals surface area contributed by atoms with Gasteiger partial charge in [-0.1, -0.05) is 43.2 Å². The second-order valence-electron chi connectivity index (χ2n) is 6.85. The summed E-state index contributed by atoms with van der Waals surface area (Å²) in [7, 11) is 0. The minimum atomic E-state index is -0.803. The fraction of sp³-hybridized carbons (Fsp3) is 0.579. The summed E-state index contributed by atoms with van der Waals surface area (Å²) in [4.78, 5) is 26.1. The number of piperidine rings is 1. The molecule has 0 radical (unpaired) electrons. The van der Waals surface area contributed by atoms with Gasteiger partial charge >= 0.3 is 5.97 Å². The summed E-state index contributed by atoms with van der Waals surface area (Å²) in [5.74, 6) is -1.01. The van der Waals surface area contributed by atoms with Crippen molar-refractivity contribution < 1.29 is 14.7 Å². The molecule has 1 saturated carbocycles. The van der Waals surface area contributed by atoms with Crippen LogP contribution in [0.4, 0.5) is 0 Å². The molecule has 4 nitrogen and oxygen atoms in total. The number of nitrogens with zero attached hydrogens (tertiary/aromatic N) is 1. The zero-order valence-corrected chi connectivity index (χ0v) is 13.5. The van der Waals surface area contributed by atoms with Gasteiger partial charge in [0.1, 0.15) is 0 Å². The highest BCUT2D eigenvalue weighted by molar-refractivity contribution is 5.85. The number of carbonyl (C=O) groups is 2. The van der Waals surface area contributed by atoms with Crippen LogP contribution in [0.15, 0.2) is 30.3 Å².